The van der Waals surface area contributed by atoms with Gasteiger partial charge in [0.15, 0.2) is 0 Å². The summed E-state index contributed by atoms with van der Waals surface area (Å²) in [6, 6.07) is 2.04. The minimum atomic E-state index is -0.204. The minimum Gasteiger partial charge on any atom is -0.339 e. The third-order valence-electron chi connectivity index (χ3n) is 6.02. The number of rotatable bonds is 3. The van der Waals surface area contributed by atoms with Crippen LogP contribution in [-0.2, 0) is 16.0 Å². The number of amides is 2. The molecule has 1 aliphatic carbocycles. The maximum absolute atomic E-state index is 12.6. The topological polar surface area (TPSA) is 75.2 Å². The summed E-state index contributed by atoms with van der Waals surface area (Å²) in [5, 5.41) is 4.96. The van der Waals surface area contributed by atoms with E-state index in [4.69, 9.17) is 0 Å². The molecule has 4 heterocycles. The first-order valence-corrected chi connectivity index (χ1v) is 10.9. The van der Waals surface area contributed by atoms with Gasteiger partial charge in [0.05, 0.1) is 16.6 Å². The van der Waals surface area contributed by atoms with Gasteiger partial charge in [-0.05, 0) is 61.4 Å². The van der Waals surface area contributed by atoms with Gasteiger partial charge in [0.25, 0.3) is 0 Å². The molecule has 0 atom stereocenters. The quantitative estimate of drug-likeness (QED) is 0.792. The van der Waals surface area contributed by atoms with Crippen LogP contribution in [0.2, 0.25) is 0 Å². The van der Waals surface area contributed by atoms with Gasteiger partial charge < -0.3 is 10.2 Å². The normalized spacial score (nSPS) is 19.9. The molecule has 6 nitrogen and oxygen atoms in total. The van der Waals surface area contributed by atoms with Crippen molar-refractivity contribution < 1.29 is 9.59 Å². The van der Waals surface area contributed by atoms with Gasteiger partial charge in [-0.1, -0.05) is 5.57 Å². The molecule has 0 radical (unpaired) electrons. The number of piperidine rings is 1. The number of hydrogen-bond donors (Lipinski definition) is 1. The summed E-state index contributed by atoms with van der Waals surface area (Å²) in [6.07, 6.45) is 11.7. The molecule has 1 spiro atoms. The second kappa shape index (κ2) is 7.22. The number of fused-ring (bicyclic) bond motifs is 1. The number of carbonyl (C=O) groups excluding carboxylic acids is 2. The lowest BCUT2D eigenvalue weighted by molar-refractivity contribution is -0.126. The molecule has 1 N–H and O–H groups in total. The van der Waals surface area contributed by atoms with Crippen molar-refractivity contribution in [2.45, 2.75) is 32.1 Å². The third kappa shape index (κ3) is 3.74. The number of nitrogens with zero attached hydrogens (tertiary/aromatic N) is 3. The Kier molecular flexibility index (Phi) is 4.54. The lowest BCUT2D eigenvalue weighted by atomic mass is 9.92. The molecule has 29 heavy (non-hydrogen) atoms. The van der Waals surface area contributed by atoms with Gasteiger partial charge in [-0.15, -0.1) is 11.3 Å². The van der Waals surface area contributed by atoms with Crippen LogP contribution in [0.5, 0.6) is 0 Å². The highest BCUT2D eigenvalue weighted by Gasteiger charge is 2.52. The van der Waals surface area contributed by atoms with Gasteiger partial charge in [-0.25, -0.2) is 9.97 Å². The van der Waals surface area contributed by atoms with Crippen LogP contribution in [-0.4, -0.2) is 39.8 Å². The SMILES string of the molecule is O=C(/C=C/c1cnc2c(c1)CC1(CC1)C(=O)N2)N1CCC(=Cc2cscn2)CC1. The number of likely N-dealkylation sites (tertiary alicyclic amines) is 1. The van der Waals surface area contributed by atoms with Crippen molar-refractivity contribution in [3.63, 3.8) is 0 Å². The highest BCUT2D eigenvalue weighted by molar-refractivity contribution is 7.07. The molecular formula is C22H22N4O2S. The second-order valence-electron chi connectivity index (χ2n) is 8.06. The lowest BCUT2D eigenvalue weighted by Crippen LogP contribution is -2.35. The second-order valence-corrected chi connectivity index (χ2v) is 8.78. The van der Waals surface area contributed by atoms with Gasteiger partial charge in [0, 0.05) is 30.7 Å². The van der Waals surface area contributed by atoms with Crippen molar-refractivity contribution >= 4 is 41.1 Å². The van der Waals surface area contributed by atoms with Crippen LogP contribution in [0.15, 0.2) is 34.8 Å². The molecule has 148 valence electrons. The van der Waals surface area contributed by atoms with Crippen molar-refractivity contribution in [3.05, 3.63) is 51.6 Å². The van der Waals surface area contributed by atoms with E-state index in [9.17, 15) is 9.59 Å². The summed E-state index contributed by atoms with van der Waals surface area (Å²) in [7, 11) is 0. The molecule has 0 bridgehead atoms. The fourth-order valence-corrected chi connectivity index (χ4v) is 4.55. The zero-order valence-electron chi connectivity index (χ0n) is 16.1. The fraction of sp³-hybridized carbons (Fsp3) is 0.364. The highest BCUT2D eigenvalue weighted by Crippen LogP contribution is 2.52. The zero-order valence-corrected chi connectivity index (χ0v) is 16.9. The van der Waals surface area contributed by atoms with E-state index in [-0.39, 0.29) is 17.2 Å². The van der Waals surface area contributed by atoms with Crippen LogP contribution >= 0.6 is 11.3 Å². The number of pyridine rings is 1. The molecule has 1 saturated heterocycles. The van der Waals surface area contributed by atoms with Gasteiger partial charge in [0.1, 0.15) is 5.82 Å². The van der Waals surface area contributed by atoms with E-state index in [1.54, 1.807) is 23.6 Å². The predicted octanol–water partition coefficient (Wildman–Crippen LogP) is 3.53. The molecule has 1 saturated carbocycles. The molecule has 0 aromatic carbocycles. The van der Waals surface area contributed by atoms with Gasteiger partial charge in [0.2, 0.25) is 11.8 Å². The van der Waals surface area contributed by atoms with Crippen molar-refractivity contribution in [2.24, 2.45) is 5.41 Å². The third-order valence-corrected chi connectivity index (χ3v) is 6.63. The number of nitrogens with one attached hydrogen (secondary N) is 1. The molecule has 2 aromatic rings. The monoisotopic (exact) mass is 406 g/mol. The van der Waals surface area contributed by atoms with E-state index in [1.165, 1.54) is 5.57 Å². The molecule has 3 aliphatic rings. The molecule has 2 aromatic heterocycles. The average molecular weight is 407 g/mol. The summed E-state index contributed by atoms with van der Waals surface area (Å²) < 4.78 is 0. The predicted molar refractivity (Wildman–Crippen MR) is 113 cm³/mol. The summed E-state index contributed by atoms with van der Waals surface area (Å²) in [6.45, 7) is 1.46. The van der Waals surface area contributed by atoms with Crippen molar-refractivity contribution in [2.75, 3.05) is 18.4 Å². The fourth-order valence-electron chi connectivity index (χ4n) is 4.04. The van der Waals surface area contributed by atoms with Gasteiger partial charge in [-0.2, -0.15) is 0 Å². The Morgan fingerprint density at radius 3 is 2.79 bits per heavy atom. The van der Waals surface area contributed by atoms with E-state index >= 15 is 0 Å². The summed E-state index contributed by atoms with van der Waals surface area (Å²) in [4.78, 5) is 35.2. The van der Waals surface area contributed by atoms with E-state index in [0.717, 1.165) is 62.0 Å². The van der Waals surface area contributed by atoms with Crippen molar-refractivity contribution in [3.8, 4) is 0 Å². The van der Waals surface area contributed by atoms with E-state index in [1.807, 2.05) is 27.9 Å². The summed E-state index contributed by atoms with van der Waals surface area (Å²) >= 11 is 1.59. The Morgan fingerprint density at radius 2 is 2.07 bits per heavy atom. The van der Waals surface area contributed by atoms with Crippen LogP contribution in [0.1, 0.15) is 42.5 Å². The smallest absolute Gasteiger partial charge is 0.246 e. The molecule has 2 amide bonds. The number of aromatic nitrogens is 2. The van der Waals surface area contributed by atoms with E-state index in [2.05, 4.69) is 21.4 Å². The number of carbonyl (C=O) groups is 2. The van der Waals surface area contributed by atoms with Gasteiger partial charge >= 0.3 is 0 Å². The van der Waals surface area contributed by atoms with E-state index in [0.29, 0.717) is 5.82 Å². The molecule has 7 heteroatoms. The number of thiazole rings is 1. The minimum absolute atomic E-state index is 0.0300. The van der Waals surface area contributed by atoms with Crippen LogP contribution in [0, 0.1) is 5.41 Å². The number of anilines is 1. The molecule has 5 rings (SSSR count). The standard InChI is InChI=1S/C22H22N4O2S/c27-19(26-7-3-15(4-8-26)10-18-13-29-14-24-18)2-1-16-9-17-11-22(5-6-22)21(28)25-20(17)23-12-16/h1-2,9-10,12-14H,3-8,11H2,(H,23,25,28)/b2-1+. The highest BCUT2D eigenvalue weighted by atomic mass is 32.1. The maximum atomic E-state index is 12.6. The van der Waals surface area contributed by atoms with Crippen LogP contribution in [0.3, 0.4) is 0 Å². The largest absolute Gasteiger partial charge is 0.339 e. The van der Waals surface area contributed by atoms with Crippen LogP contribution in [0.25, 0.3) is 12.2 Å². The van der Waals surface area contributed by atoms with Crippen LogP contribution in [0.4, 0.5) is 5.82 Å². The molecular weight excluding hydrogens is 384 g/mol. The average Bonchev–Trinajstić information content (AvgIpc) is 3.32. The Bertz CT molecular complexity index is 1010. The summed E-state index contributed by atoms with van der Waals surface area (Å²) in [5.41, 5.74) is 5.94. The first-order chi connectivity index (χ1) is 14.1. The Hall–Kier alpha value is -2.80. The van der Waals surface area contributed by atoms with E-state index < -0.39 is 0 Å². The summed E-state index contributed by atoms with van der Waals surface area (Å²) in [5.74, 6) is 0.790. The first kappa shape index (κ1) is 18.2. The lowest BCUT2D eigenvalue weighted by Gasteiger charge is -2.27. The zero-order chi connectivity index (χ0) is 19.8. The molecule has 0 unspecified atom stereocenters. The van der Waals surface area contributed by atoms with Gasteiger partial charge in [-0.3, -0.25) is 9.59 Å². The van der Waals surface area contributed by atoms with Crippen LogP contribution < -0.4 is 5.32 Å². The molecule has 2 fully saturated rings. The Morgan fingerprint density at radius 1 is 1.24 bits per heavy atom. The van der Waals surface area contributed by atoms with Crippen molar-refractivity contribution in [1.29, 1.82) is 0 Å². The molecule has 2 aliphatic heterocycles. The maximum Gasteiger partial charge on any atom is 0.246 e. The van der Waals surface area contributed by atoms with Crippen molar-refractivity contribution in [1.82, 2.24) is 14.9 Å². The Balaban J connectivity index is 1.21. The number of hydrogen-bond acceptors (Lipinski definition) is 5. The first-order valence-electron chi connectivity index (χ1n) is 9.96. The Labute approximate surface area is 173 Å².